The molecule has 4 heteroatoms. The number of ether oxygens (including phenoxy) is 1. The second-order valence-electron chi connectivity index (χ2n) is 5.24. The number of halogens is 2. The van der Waals surface area contributed by atoms with Crippen molar-refractivity contribution in [3.63, 3.8) is 0 Å². The molecule has 0 aliphatic rings. The Morgan fingerprint density at radius 3 is 2.29 bits per heavy atom. The number of hydrogen-bond acceptors (Lipinski definition) is 2. The maximum absolute atomic E-state index is 6.40. The minimum atomic E-state index is -0.0427. The van der Waals surface area contributed by atoms with Gasteiger partial charge in [-0.15, -0.1) is 0 Å². The molecule has 0 aromatic heterocycles. The van der Waals surface area contributed by atoms with Crippen LogP contribution in [0.5, 0.6) is 5.75 Å². The maximum atomic E-state index is 6.40. The monoisotopic (exact) mass is 411 g/mol. The van der Waals surface area contributed by atoms with Gasteiger partial charge in [-0.1, -0.05) is 44.0 Å². The number of aryl methyl sites for hydroxylation is 2. The molecular formula is C17H19Br2NO. The first-order valence-corrected chi connectivity index (χ1v) is 8.35. The van der Waals surface area contributed by atoms with Crippen LogP contribution in [0.3, 0.4) is 0 Å². The summed E-state index contributed by atoms with van der Waals surface area (Å²) in [6.07, 6.45) is 0.762. The van der Waals surface area contributed by atoms with E-state index in [9.17, 15) is 0 Å². The minimum absolute atomic E-state index is 0.0427. The third-order valence-electron chi connectivity index (χ3n) is 3.58. The van der Waals surface area contributed by atoms with Gasteiger partial charge in [-0.25, -0.2) is 0 Å². The Hall–Kier alpha value is -0.840. The number of nitrogens with two attached hydrogens (primary N) is 1. The maximum Gasteiger partial charge on any atom is 0.119 e. The molecule has 0 aliphatic heterocycles. The fourth-order valence-corrected chi connectivity index (χ4v) is 3.02. The summed E-state index contributed by atoms with van der Waals surface area (Å²) in [5, 5.41) is 0. The Bertz CT molecular complexity index is 632. The van der Waals surface area contributed by atoms with Gasteiger partial charge in [0.2, 0.25) is 0 Å². The van der Waals surface area contributed by atoms with Crippen molar-refractivity contribution in [3.05, 3.63) is 61.5 Å². The van der Waals surface area contributed by atoms with Crippen LogP contribution in [0.2, 0.25) is 0 Å². The Morgan fingerprint density at radius 1 is 1.10 bits per heavy atom. The van der Waals surface area contributed by atoms with E-state index in [0.29, 0.717) is 0 Å². The van der Waals surface area contributed by atoms with Gasteiger partial charge in [0.25, 0.3) is 0 Å². The molecule has 1 unspecified atom stereocenters. The quantitative estimate of drug-likeness (QED) is 0.759. The lowest BCUT2D eigenvalue weighted by atomic mass is 9.96. The van der Waals surface area contributed by atoms with Crippen LogP contribution in [0, 0.1) is 13.8 Å². The standard InChI is InChI=1S/C17H19Br2NO/c1-10-6-13(7-11(2)17(10)19)16(20)9-12-8-14(21-3)4-5-15(12)18/h4-8,16H,9,20H2,1-3H3. The molecule has 0 saturated carbocycles. The molecule has 2 aromatic carbocycles. The summed E-state index contributed by atoms with van der Waals surface area (Å²) in [5.41, 5.74) is 11.1. The van der Waals surface area contributed by atoms with Crippen LogP contribution < -0.4 is 10.5 Å². The number of hydrogen-bond donors (Lipinski definition) is 1. The second kappa shape index (κ2) is 6.95. The fraction of sp³-hybridized carbons (Fsp3) is 0.294. The number of benzene rings is 2. The van der Waals surface area contributed by atoms with Gasteiger partial charge in [0.15, 0.2) is 0 Å². The van der Waals surface area contributed by atoms with Gasteiger partial charge in [0.05, 0.1) is 7.11 Å². The first-order chi connectivity index (χ1) is 9.92. The van der Waals surface area contributed by atoms with E-state index in [0.717, 1.165) is 32.2 Å². The lowest BCUT2D eigenvalue weighted by Crippen LogP contribution is -2.14. The van der Waals surface area contributed by atoms with E-state index in [2.05, 4.69) is 57.8 Å². The van der Waals surface area contributed by atoms with Gasteiger partial charge in [0.1, 0.15) is 5.75 Å². The zero-order valence-corrected chi connectivity index (χ0v) is 15.6. The summed E-state index contributed by atoms with van der Waals surface area (Å²) in [6, 6.07) is 10.2. The van der Waals surface area contributed by atoms with Crippen LogP contribution in [0.25, 0.3) is 0 Å². The van der Waals surface area contributed by atoms with Crippen LogP contribution in [-0.4, -0.2) is 7.11 Å². The van der Waals surface area contributed by atoms with Crippen molar-refractivity contribution in [1.82, 2.24) is 0 Å². The third kappa shape index (κ3) is 3.87. The fourth-order valence-electron chi connectivity index (χ4n) is 2.38. The van der Waals surface area contributed by atoms with Gasteiger partial charge in [-0.05, 0) is 60.7 Å². The van der Waals surface area contributed by atoms with E-state index in [1.54, 1.807) is 7.11 Å². The lowest BCUT2D eigenvalue weighted by Gasteiger charge is -2.16. The third-order valence-corrected chi connectivity index (χ3v) is 5.60. The highest BCUT2D eigenvalue weighted by Crippen LogP contribution is 2.29. The van der Waals surface area contributed by atoms with Crippen molar-refractivity contribution < 1.29 is 4.74 Å². The first-order valence-electron chi connectivity index (χ1n) is 6.77. The average Bonchev–Trinajstić information content (AvgIpc) is 2.46. The summed E-state index contributed by atoms with van der Waals surface area (Å²) in [6.45, 7) is 4.18. The zero-order chi connectivity index (χ0) is 15.6. The van der Waals surface area contributed by atoms with Crippen LogP contribution in [0.1, 0.15) is 28.3 Å². The molecule has 0 saturated heterocycles. The number of methoxy groups -OCH3 is 1. The molecule has 112 valence electrons. The molecule has 0 amide bonds. The SMILES string of the molecule is COc1ccc(Br)c(CC(N)c2cc(C)c(Br)c(C)c2)c1. The summed E-state index contributed by atoms with van der Waals surface area (Å²) in [7, 11) is 1.67. The molecule has 2 aromatic rings. The van der Waals surface area contributed by atoms with E-state index in [1.165, 1.54) is 11.1 Å². The highest BCUT2D eigenvalue weighted by Gasteiger charge is 2.12. The van der Waals surface area contributed by atoms with Crippen LogP contribution in [0.4, 0.5) is 0 Å². The zero-order valence-electron chi connectivity index (χ0n) is 12.4. The molecule has 0 aliphatic carbocycles. The highest BCUT2D eigenvalue weighted by molar-refractivity contribution is 9.10. The predicted octanol–water partition coefficient (Wildman–Crippen LogP) is 5.08. The Morgan fingerprint density at radius 2 is 1.71 bits per heavy atom. The van der Waals surface area contributed by atoms with Crippen molar-refractivity contribution in [2.45, 2.75) is 26.3 Å². The second-order valence-corrected chi connectivity index (χ2v) is 6.88. The van der Waals surface area contributed by atoms with Crippen LogP contribution in [-0.2, 0) is 6.42 Å². The van der Waals surface area contributed by atoms with Crippen molar-refractivity contribution in [2.75, 3.05) is 7.11 Å². The summed E-state index contributed by atoms with van der Waals surface area (Å²) in [4.78, 5) is 0. The van der Waals surface area contributed by atoms with Crippen LogP contribution in [0.15, 0.2) is 39.3 Å². The van der Waals surface area contributed by atoms with Crippen molar-refractivity contribution in [1.29, 1.82) is 0 Å². The Labute approximate surface area is 143 Å². The summed E-state index contributed by atoms with van der Waals surface area (Å²) >= 11 is 7.18. The van der Waals surface area contributed by atoms with Gasteiger partial charge < -0.3 is 10.5 Å². The average molecular weight is 413 g/mol. The normalized spacial score (nSPS) is 12.3. The Kier molecular flexibility index (Phi) is 5.47. The van der Waals surface area contributed by atoms with Gasteiger partial charge >= 0.3 is 0 Å². The molecule has 0 radical (unpaired) electrons. The van der Waals surface area contributed by atoms with Crippen LogP contribution >= 0.6 is 31.9 Å². The lowest BCUT2D eigenvalue weighted by molar-refractivity contribution is 0.414. The summed E-state index contributed by atoms with van der Waals surface area (Å²) in [5.74, 6) is 0.851. The highest BCUT2D eigenvalue weighted by atomic mass is 79.9. The predicted molar refractivity (Wildman–Crippen MR) is 94.9 cm³/mol. The van der Waals surface area contributed by atoms with E-state index in [-0.39, 0.29) is 6.04 Å². The number of rotatable bonds is 4. The molecule has 2 rings (SSSR count). The van der Waals surface area contributed by atoms with Crippen molar-refractivity contribution in [2.24, 2.45) is 5.73 Å². The molecule has 0 fully saturated rings. The first kappa shape index (κ1) is 16.5. The largest absolute Gasteiger partial charge is 0.497 e. The molecule has 0 heterocycles. The van der Waals surface area contributed by atoms with E-state index in [1.807, 2.05) is 18.2 Å². The van der Waals surface area contributed by atoms with Gasteiger partial charge in [-0.2, -0.15) is 0 Å². The van der Waals surface area contributed by atoms with Crippen molar-refractivity contribution in [3.8, 4) is 5.75 Å². The van der Waals surface area contributed by atoms with E-state index >= 15 is 0 Å². The van der Waals surface area contributed by atoms with Crippen molar-refractivity contribution >= 4 is 31.9 Å². The Balaban J connectivity index is 2.27. The topological polar surface area (TPSA) is 35.2 Å². The van der Waals surface area contributed by atoms with Gasteiger partial charge in [0, 0.05) is 15.0 Å². The smallest absolute Gasteiger partial charge is 0.119 e. The molecule has 21 heavy (non-hydrogen) atoms. The minimum Gasteiger partial charge on any atom is -0.497 e. The van der Waals surface area contributed by atoms with E-state index in [4.69, 9.17) is 10.5 Å². The van der Waals surface area contributed by atoms with E-state index < -0.39 is 0 Å². The molecule has 0 bridgehead atoms. The van der Waals surface area contributed by atoms with Gasteiger partial charge in [-0.3, -0.25) is 0 Å². The summed E-state index contributed by atoms with van der Waals surface area (Å²) < 4.78 is 7.50. The molecule has 1 atom stereocenters. The molecular weight excluding hydrogens is 394 g/mol. The molecule has 2 nitrogen and oxygen atoms in total. The molecule has 0 spiro atoms. The molecule has 2 N–H and O–H groups in total.